The summed E-state index contributed by atoms with van der Waals surface area (Å²) in [4.78, 5) is 12.4. The average Bonchev–Trinajstić information content (AvgIpc) is 2.92. The van der Waals surface area contributed by atoms with Crippen molar-refractivity contribution in [3.05, 3.63) is 72.3 Å². The molecule has 41 heavy (non-hydrogen) atoms. The number of aryl methyl sites for hydroxylation is 1. The zero-order valence-electron chi connectivity index (χ0n) is 22.1. The van der Waals surface area contributed by atoms with Crippen molar-refractivity contribution in [2.45, 2.75) is 43.5 Å². The van der Waals surface area contributed by atoms with Gasteiger partial charge in [-0.05, 0) is 72.9 Å². The largest absolute Gasteiger partial charge is 0.573 e. The Morgan fingerprint density at radius 3 is 2.44 bits per heavy atom. The second-order valence-electron chi connectivity index (χ2n) is 10.3. The van der Waals surface area contributed by atoms with Crippen LogP contribution in [0.3, 0.4) is 0 Å². The van der Waals surface area contributed by atoms with Gasteiger partial charge in [0.2, 0.25) is 0 Å². The Morgan fingerprint density at radius 2 is 1.76 bits per heavy atom. The third kappa shape index (κ3) is 6.13. The molecule has 1 N–H and O–H groups in total. The fourth-order valence-corrected chi connectivity index (χ4v) is 6.91. The van der Waals surface area contributed by atoms with Gasteiger partial charge in [0.05, 0.1) is 22.5 Å². The number of fused-ring (bicyclic) bond motifs is 1. The van der Waals surface area contributed by atoms with E-state index in [1.807, 2.05) is 0 Å². The van der Waals surface area contributed by atoms with E-state index in [0.29, 0.717) is 11.1 Å². The van der Waals surface area contributed by atoms with Crippen LogP contribution >= 0.6 is 0 Å². The molecule has 0 amide bonds. The van der Waals surface area contributed by atoms with Crippen LogP contribution in [0.4, 0.5) is 18.9 Å². The minimum atomic E-state index is -4.87. The Labute approximate surface area is 235 Å². The number of hydrogen-bond donors (Lipinski definition) is 1. The SMILES string of the molecule is Cc1cccc(S(=O)(=O)N2C[C@H](CC3(C(=O)O)CCOCC3)Oc3ccc(-c4cccc(OC(F)(F)F)c4)cc32)c1. The maximum absolute atomic E-state index is 14.0. The normalized spacial score (nSPS) is 18.7. The molecule has 0 aromatic heterocycles. The van der Waals surface area contributed by atoms with Crippen molar-refractivity contribution in [2.24, 2.45) is 5.41 Å². The summed E-state index contributed by atoms with van der Waals surface area (Å²) in [5.74, 6) is -1.18. The van der Waals surface area contributed by atoms with Crippen LogP contribution < -0.4 is 13.8 Å². The smallest absolute Gasteiger partial charge is 0.486 e. The van der Waals surface area contributed by atoms with Crippen molar-refractivity contribution in [2.75, 3.05) is 24.1 Å². The van der Waals surface area contributed by atoms with E-state index >= 15 is 0 Å². The molecule has 3 aromatic rings. The van der Waals surface area contributed by atoms with Gasteiger partial charge in [0.1, 0.15) is 17.6 Å². The van der Waals surface area contributed by atoms with E-state index in [1.54, 1.807) is 43.3 Å². The van der Waals surface area contributed by atoms with Gasteiger partial charge < -0.3 is 19.3 Å². The Morgan fingerprint density at radius 1 is 1.05 bits per heavy atom. The molecular weight excluding hydrogens is 563 g/mol. The molecule has 3 aromatic carbocycles. The van der Waals surface area contributed by atoms with Gasteiger partial charge in [0, 0.05) is 19.6 Å². The summed E-state index contributed by atoms with van der Waals surface area (Å²) in [5, 5.41) is 10.1. The number of anilines is 1. The Hall–Kier alpha value is -3.77. The highest BCUT2D eigenvalue weighted by molar-refractivity contribution is 7.92. The van der Waals surface area contributed by atoms with Crippen LogP contribution in [0.15, 0.2) is 71.6 Å². The molecule has 1 saturated heterocycles. The van der Waals surface area contributed by atoms with Gasteiger partial charge in [-0.25, -0.2) is 8.42 Å². The first kappa shape index (κ1) is 28.7. The molecule has 5 rings (SSSR count). The highest BCUT2D eigenvalue weighted by Crippen LogP contribution is 2.44. The van der Waals surface area contributed by atoms with Crippen LogP contribution in [-0.2, 0) is 19.6 Å². The molecule has 0 saturated carbocycles. The lowest BCUT2D eigenvalue weighted by molar-refractivity contribution is -0.274. The van der Waals surface area contributed by atoms with Gasteiger partial charge in [-0.3, -0.25) is 9.10 Å². The van der Waals surface area contributed by atoms with Gasteiger partial charge in [0.15, 0.2) is 0 Å². The second-order valence-corrected chi connectivity index (χ2v) is 12.1. The number of ether oxygens (including phenoxy) is 3. The molecule has 0 aliphatic carbocycles. The first-order valence-electron chi connectivity index (χ1n) is 12.9. The van der Waals surface area contributed by atoms with Gasteiger partial charge in [0.25, 0.3) is 10.0 Å². The van der Waals surface area contributed by atoms with Crippen molar-refractivity contribution < 1.29 is 45.7 Å². The summed E-state index contributed by atoms with van der Waals surface area (Å²) in [5.41, 5.74) is 0.612. The van der Waals surface area contributed by atoms with Crippen LogP contribution in [0.5, 0.6) is 11.5 Å². The maximum atomic E-state index is 14.0. The molecule has 1 fully saturated rings. The molecule has 1 atom stereocenters. The predicted molar refractivity (Wildman–Crippen MR) is 143 cm³/mol. The van der Waals surface area contributed by atoms with Crippen molar-refractivity contribution in [1.29, 1.82) is 0 Å². The molecule has 0 unspecified atom stereocenters. The second kappa shape index (κ2) is 10.9. The minimum absolute atomic E-state index is 0.0501. The number of aliphatic carboxylic acids is 1. The highest BCUT2D eigenvalue weighted by Gasteiger charge is 2.45. The number of alkyl halides is 3. The Balaban J connectivity index is 1.56. The van der Waals surface area contributed by atoms with Crippen LogP contribution in [0, 0.1) is 12.3 Å². The molecule has 12 heteroatoms. The molecule has 218 valence electrons. The summed E-state index contributed by atoms with van der Waals surface area (Å²) in [6.07, 6.45) is -5.02. The van der Waals surface area contributed by atoms with E-state index in [1.165, 1.54) is 34.6 Å². The molecule has 2 heterocycles. The van der Waals surface area contributed by atoms with Gasteiger partial charge >= 0.3 is 12.3 Å². The zero-order chi connectivity index (χ0) is 29.4. The molecule has 0 bridgehead atoms. The molecule has 0 spiro atoms. The molecular formula is C29H28F3NO7S. The van der Waals surface area contributed by atoms with Gasteiger partial charge in [-0.2, -0.15) is 0 Å². The van der Waals surface area contributed by atoms with Crippen LogP contribution in [0.25, 0.3) is 11.1 Å². The van der Waals surface area contributed by atoms with E-state index < -0.39 is 39.6 Å². The highest BCUT2D eigenvalue weighted by atomic mass is 32.2. The number of rotatable bonds is 7. The van der Waals surface area contributed by atoms with E-state index in [4.69, 9.17) is 9.47 Å². The summed E-state index contributed by atoms with van der Waals surface area (Å²) in [6, 6.07) is 16.5. The van der Waals surface area contributed by atoms with Gasteiger partial charge in [-0.15, -0.1) is 13.2 Å². The lowest BCUT2D eigenvalue weighted by Gasteiger charge is -2.40. The quantitative estimate of drug-likeness (QED) is 0.371. The average molecular weight is 592 g/mol. The topological polar surface area (TPSA) is 102 Å². The van der Waals surface area contributed by atoms with Crippen LogP contribution in [0.2, 0.25) is 0 Å². The lowest BCUT2D eigenvalue weighted by Crippen LogP contribution is -2.48. The summed E-state index contributed by atoms with van der Waals surface area (Å²) in [6.45, 7) is 2.17. The molecule has 2 aliphatic rings. The third-order valence-electron chi connectivity index (χ3n) is 7.39. The van der Waals surface area contributed by atoms with E-state index in [0.717, 1.165) is 5.56 Å². The van der Waals surface area contributed by atoms with Crippen LogP contribution in [-0.4, -0.2) is 51.7 Å². The molecule has 0 radical (unpaired) electrons. The summed E-state index contributed by atoms with van der Waals surface area (Å²) in [7, 11) is -4.14. The lowest BCUT2D eigenvalue weighted by atomic mass is 9.75. The number of carboxylic acids is 1. The Kier molecular flexibility index (Phi) is 7.64. The predicted octanol–water partition coefficient (Wildman–Crippen LogP) is 5.79. The summed E-state index contributed by atoms with van der Waals surface area (Å²) < 4.78 is 83.2. The minimum Gasteiger partial charge on any atom is -0.486 e. The maximum Gasteiger partial charge on any atom is 0.573 e. The van der Waals surface area contributed by atoms with Gasteiger partial charge in [-0.1, -0.05) is 30.3 Å². The van der Waals surface area contributed by atoms with E-state index in [-0.39, 0.29) is 55.4 Å². The van der Waals surface area contributed by atoms with Crippen molar-refractivity contribution in [3.8, 4) is 22.6 Å². The zero-order valence-corrected chi connectivity index (χ0v) is 22.9. The number of hydrogen-bond acceptors (Lipinski definition) is 6. The number of benzene rings is 3. The first-order valence-corrected chi connectivity index (χ1v) is 14.4. The number of nitrogens with zero attached hydrogens (tertiary/aromatic N) is 1. The number of carboxylic acid groups (broad SMARTS) is 1. The third-order valence-corrected chi connectivity index (χ3v) is 9.17. The summed E-state index contributed by atoms with van der Waals surface area (Å²) >= 11 is 0. The fraction of sp³-hybridized carbons (Fsp3) is 0.345. The van der Waals surface area contributed by atoms with Crippen LogP contribution in [0.1, 0.15) is 24.8 Å². The van der Waals surface area contributed by atoms with Crippen molar-refractivity contribution in [1.82, 2.24) is 0 Å². The fourth-order valence-electron chi connectivity index (χ4n) is 5.30. The first-order chi connectivity index (χ1) is 19.4. The number of sulfonamides is 1. The Bertz CT molecular complexity index is 1550. The molecule has 8 nitrogen and oxygen atoms in total. The monoisotopic (exact) mass is 591 g/mol. The van der Waals surface area contributed by atoms with Crippen molar-refractivity contribution >= 4 is 21.7 Å². The van der Waals surface area contributed by atoms with E-state index in [9.17, 15) is 31.5 Å². The number of carbonyl (C=O) groups is 1. The van der Waals surface area contributed by atoms with E-state index in [2.05, 4.69) is 4.74 Å². The number of halogens is 3. The standard InChI is InChI=1S/C29H28F3NO7S/c1-19-4-2-7-24(14-19)41(36,37)33-18-23(17-28(27(34)35)10-12-38-13-11-28)39-26-9-8-21(16-25(26)33)20-5-3-6-22(15-20)40-29(30,31)32/h2-9,14-16,23H,10-13,17-18H2,1H3,(H,34,35)/t23-/m0/s1. The molecule has 2 aliphatic heterocycles. The van der Waals surface area contributed by atoms with Crippen molar-refractivity contribution in [3.63, 3.8) is 0 Å².